The van der Waals surface area contributed by atoms with Gasteiger partial charge in [0.1, 0.15) is 5.82 Å². The standard InChI is InChI=1S/C16H26N4/c1-17-16-12-13(5-8-18-16)15-4-3-9-20(15)14-6-10-19(2)11-7-14/h5,8,12,14-15H,3-4,6-7,9-11H2,1-2H3,(H,17,18). The van der Waals surface area contributed by atoms with Crippen molar-refractivity contribution in [3.63, 3.8) is 0 Å². The van der Waals surface area contributed by atoms with Gasteiger partial charge < -0.3 is 10.2 Å². The molecule has 20 heavy (non-hydrogen) atoms. The van der Waals surface area contributed by atoms with Crippen LogP contribution in [0.2, 0.25) is 0 Å². The minimum atomic E-state index is 0.596. The highest BCUT2D eigenvalue weighted by Gasteiger charge is 2.33. The van der Waals surface area contributed by atoms with Gasteiger partial charge in [0.05, 0.1) is 0 Å². The average Bonchev–Trinajstić information content (AvgIpc) is 2.97. The van der Waals surface area contributed by atoms with Crippen molar-refractivity contribution in [3.05, 3.63) is 23.9 Å². The van der Waals surface area contributed by atoms with Crippen molar-refractivity contribution >= 4 is 5.82 Å². The Bertz CT molecular complexity index is 440. The minimum Gasteiger partial charge on any atom is -0.373 e. The molecule has 2 aliphatic rings. The van der Waals surface area contributed by atoms with Gasteiger partial charge in [-0.2, -0.15) is 0 Å². The number of anilines is 1. The van der Waals surface area contributed by atoms with Crippen molar-refractivity contribution in [1.29, 1.82) is 0 Å². The van der Waals surface area contributed by atoms with Crippen molar-refractivity contribution in [1.82, 2.24) is 14.8 Å². The molecule has 2 aliphatic heterocycles. The van der Waals surface area contributed by atoms with Gasteiger partial charge in [-0.25, -0.2) is 4.98 Å². The predicted octanol–water partition coefficient (Wildman–Crippen LogP) is 2.35. The lowest BCUT2D eigenvalue weighted by molar-refractivity contribution is 0.110. The Balaban J connectivity index is 1.74. The zero-order valence-corrected chi connectivity index (χ0v) is 12.7. The summed E-state index contributed by atoms with van der Waals surface area (Å²) in [5.41, 5.74) is 1.43. The third kappa shape index (κ3) is 2.81. The molecule has 4 nitrogen and oxygen atoms in total. The first kappa shape index (κ1) is 13.8. The molecule has 0 bridgehead atoms. The fraction of sp³-hybridized carbons (Fsp3) is 0.688. The van der Waals surface area contributed by atoms with E-state index in [1.54, 1.807) is 0 Å². The number of rotatable bonds is 3. The van der Waals surface area contributed by atoms with Crippen molar-refractivity contribution in [2.45, 2.75) is 37.8 Å². The largest absolute Gasteiger partial charge is 0.373 e. The second-order valence-electron chi connectivity index (χ2n) is 6.15. The second kappa shape index (κ2) is 6.10. The van der Waals surface area contributed by atoms with Crippen LogP contribution in [0, 0.1) is 0 Å². The van der Waals surface area contributed by atoms with Crippen molar-refractivity contribution in [2.75, 3.05) is 39.0 Å². The first-order valence-corrected chi connectivity index (χ1v) is 7.86. The van der Waals surface area contributed by atoms with Crippen LogP contribution < -0.4 is 5.32 Å². The van der Waals surface area contributed by atoms with Gasteiger partial charge in [0.2, 0.25) is 0 Å². The highest BCUT2D eigenvalue weighted by atomic mass is 15.2. The molecule has 0 spiro atoms. The third-order valence-corrected chi connectivity index (χ3v) is 4.88. The molecule has 1 atom stereocenters. The van der Waals surface area contributed by atoms with E-state index in [0.717, 1.165) is 11.9 Å². The quantitative estimate of drug-likeness (QED) is 0.917. The van der Waals surface area contributed by atoms with E-state index >= 15 is 0 Å². The first-order valence-electron chi connectivity index (χ1n) is 7.86. The number of nitrogens with one attached hydrogen (secondary N) is 1. The summed E-state index contributed by atoms with van der Waals surface area (Å²) in [7, 11) is 4.18. The molecular weight excluding hydrogens is 248 g/mol. The Kier molecular flexibility index (Phi) is 4.22. The maximum Gasteiger partial charge on any atom is 0.125 e. The molecule has 1 N–H and O–H groups in total. The van der Waals surface area contributed by atoms with Crippen LogP contribution in [0.1, 0.15) is 37.3 Å². The number of aromatic nitrogens is 1. The minimum absolute atomic E-state index is 0.596. The number of hydrogen-bond donors (Lipinski definition) is 1. The average molecular weight is 274 g/mol. The van der Waals surface area contributed by atoms with Crippen LogP contribution in [-0.4, -0.2) is 54.6 Å². The van der Waals surface area contributed by atoms with Gasteiger partial charge in [-0.15, -0.1) is 0 Å². The smallest absolute Gasteiger partial charge is 0.125 e. The Morgan fingerprint density at radius 1 is 1.20 bits per heavy atom. The van der Waals surface area contributed by atoms with E-state index in [4.69, 9.17) is 0 Å². The van der Waals surface area contributed by atoms with Crippen molar-refractivity contribution in [3.8, 4) is 0 Å². The Labute approximate surface area is 122 Å². The fourth-order valence-corrected chi connectivity index (χ4v) is 3.70. The molecule has 0 saturated carbocycles. The van der Waals surface area contributed by atoms with Gasteiger partial charge >= 0.3 is 0 Å². The molecule has 2 fully saturated rings. The normalized spacial score (nSPS) is 26.0. The van der Waals surface area contributed by atoms with E-state index in [-0.39, 0.29) is 0 Å². The van der Waals surface area contributed by atoms with Crippen LogP contribution >= 0.6 is 0 Å². The van der Waals surface area contributed by atoms with E-state index in [9.17, 15) is 0 Å². The van der Waals surface area contributed by atoms with E-state index in [0.29, 0.717) is 6.04 Å². The van der Waals surface area contributed by atoms with E-state index in [1.165, 1.54) is 50.9 Å². The molecule has 1 aromatic heterocycles. The summed E-state index contributed by atoms with van der Waals surface area (Å²) in [6.45, 7) is 3.74. The number of likely N-dealkylation sites (tertiary alicyclic amines) is 2. The zero-order valence-electron chi connectivity index (χ0n) is 12.7. The van der Waals surface area contributed by atoms with E-state index in [1.807, 2.05) is 13.2 Å². The highest BCUT2D eigenvalue weighted by molar-refractivity contribution is 5.38. The molecule has 0 aromatic carbocycles. The molecule has 110 valence electrons. The van der Waals surface area contributed by atoms with Crippen molar-refractivity contribution < 1.29 is 0 Å². The SMILES string of the molecule is CNc1cc(C2CCCN2C2CCN(C)CC2)ccn1. The summed E-state index contributed by atoms with van der Waals surface area (Å²) in [6.07, 6.45) is 7.19. The molecule has 3 heterocycles. The van der Waals surface area contributed by atoms with Gasteiger partial charge in [0.15, 0.2) is 0 Å². The summed E-state index contributed by atoms with van der Waals surface area (Å²) >= 11 is 0. The van der Waals surface area contributed by atoms with Gasteiger partial charge in [-0.3, -0.25) is 4.90 Å². The summed E-state index contributed by atoms with van der Waals surface area (Å²) in [5, 5.41) is 3.15. The van der Waals surface area contributed by atoms with Crippen LogP contribution in [0.5, 0.6) is 0 Å². The lowest BCUT2D eigenvalue weighted by Gasteiger charge is -2.38. The molecule has 3 rings (SSSR count). The maximum absolute atomic E-state index is 4.34. The lowest BCUT2D eigenvalue weighted by Crippen LogP contribution is -2.43. The monoisotopic (exact) mass is 274 g/mol. The highest BCUT2D eigenvalue weighted by Crippen LogP contribution is 2.36. The van der Waals surface area contributed by atoms with Gasteiger partial charge in [0.25, 0.3) is 0 Å². The van der Waals surface area contributed by atoms with Crippen LogP contribution in [0.3, 0.4) is 0 Å². The van der Waals surface area contributed by atoms with Gasteiger partial charge in [-0.05, 0) is 70.1 Å². The molecule has 0 amide bonds. The van der Waals surface area contributed by atoms with Gasteiger partial charge in [-0.1, -0.05) is 0 Å². The summed E-state index contributed by atoms with van der Waals surface area (Å²) < 4.78 is 0. The molecule has 4 heteroatoms. The number of hydrogen-bond acceptors (Lipinski definition) is 4. The molecule has 2 saturated heterocycles. The predicted molar refractivity (Wildman–Crippen MR) is 83.0 cm³/mol. The Morgan fingerprint density at radius 3 is 2.75 bits per heavy atom. The topological polar surface area (TPSA) is 31.4 Å². The molecule has 0 radical (unpaired) electrons. The third-order valence-electron chi connectivity index (χ3n) is 4.88. The number of pyridine rings is 1. The zero-order chi connectivity index (χ0) is 13.9. The van der Waals surface area contributed by atoms with E-state index < -0.39 is 0 Å². The first-order chi connectivity index (χ1) is 9.78. The fourth-order valence-electron chi connectivity index (χ4n) is 3.70. The molecule has 1 unspecified atom stereocenters. The van der Waals surface area contributed by atoms with Crippen LogP contribution in [0.15, 0.2) is 18.3 Å². The molecular formula is C16H26N4. The van der Waals surface area contributed by atoms with Crippen LogP contribution in [-0.2, 0) is 0 Å². The van der Waals surface area contributed by atoms with Crippen LogP contribution in [0.4, 0.5) is 5.82 Å². The summed E-state index contributed by atoms with van der Waals surface area (Å²) in [6, 6.07) is 5.78. The second-order valence-corrected chi connectivity index (χ2v) is 6.15. The maximum atomic E-state index is 4.34. The lowest BCUT2D eigenvalue weighted by atomic mass is 9.99. The Morgan fingerprint density at radius 2 is 2.00 bits per heavy atom. The molecule has 1 aromatic rings. The molecule has 0 aliphatic carbocycles. The Hall–Kier alpha value is -1.13. The number of piperidine rings is 1. The number of nitrogens with zero attached hydrogens (tertiary/aromatic N) is 3. The summed E-state index contributed by atoms with van der Waals surface area (Å²) in [4.78, 5) is 9.54. The van der Waals surface area contributed by atoms with E-state index in [2.05, 4.69) is 39.3 Å². The van der Waals surface area contributed by atoms with Crippen molar-refractivity contribution in [2.24, 2.45) is 0 Å². The summed E-state index contributed by atoms with van der Waals surface area (Å²) in [5.74, 6) is 0.984. The van der Waals surface area contributed by atoms with Gasteiger partial charge in [0, 0.05) is 25.3 Å². The van der Waals surface area contributed by atoms with Crippen LogP contribution in [0.25, 0.3) is 0 Å².